The third kappa shape index (κ3) is 3.76. The van der Waals surface area contributed by atoms with Crippen LogP contribution in [0.5, 0.6) is 0 Å². The van der Waals surface area contributed by atoms with Gasteiger partial charge in [-0.25, -0.2) is 19.6 Å². The molecule has 2 heterocycles. The number of allylic oxidation sites excluding steroid dienone is 1. The second-order valence-electron chi connectivity index (χ2n) is 7.28. The highest BCUT2D eigenvalue weighted by Gasteiger charge is 2.37. The summed E-state index contributed by atoms with van der Waals surface area (Å²) >= 11 is 0. The van der Waals surface area contributed by atoms with E-state index in [9.17, 15) is 9.59 Å². The van der Waals surface area contributed by atoms with Crippen LogP contribution in [0.25, 0.3) is 5.69 Å². The van der Waals surface area contributed by atoms with Crippen molar-refractivity contribution in [1.82, 2.24) is 15.0 Å². The highest BCUT2D eigenvalue weighted by molar-refractivity contribution is 5.95. The molecule has 1 atom stereocenters. The van der Waals surface area contributed by atoms with Gasteiger partial charge in [-0.1, -0.05) is 48.5 Å². The molecule has 164 valence electrons. The molecule has 8 heteroatoms. The monoisotopic (exact) mass is 431 g/mol. The number of fused-ring (bicyclic) bond motifs is 1. The Morgan fingerprint density at radius 1 is 1.12 bits per heavy atom. The van der Waals surface area contributed by atoms with Gasteiger partial charge in [0.05, 0.1) is 23.8 Å². The smallest absolute Gasteiger partial charge is 0.355 e. The summed E-state index contributed by atoms with van der Waals surface area (Å²) in [5.74, 6) is -0.0148. The van der Waals surface area contributed by atoms with Crippen LogP contribution in [0.1, 0.15) is 30.9 Å². The van der Waals surface area contributed by atoms with Crippen molar-refractivity contribution in [2.45, 2.75) is 19.8 Å². The molecule has 1 unspecified atom stereocenters. The van der Waals surface area contributed by atoms with Crippen molar-refractivity contribution in [3.05, 3.63) is 93.5 Å². The van der Waals surface area contributed by atoms with Gasteiger partial charge >= 0.3 is 11.7 Å². The Kier molecular flexibility index (Phi) is 6.04. The minimum Gasteiger partial charge on any atom is -0.463 e. The van der Waals surface area contributed by atoms with Gasteiger partial charge in [-0.2, -0.15) is 4.98 Å². The first-order valence-electron chi connectivity index (χ1n) is 10.4. The molecule has 0 aliphatic carbocycles. The molecule has 0 saturated carbocycles. The van der Waals surface area contributed by atoms with Crippen LogP contribution in [0.4, 0.5) is 11.6 Å². The number of ether oxygens (including phenoxy) is 1. The maximum absolute atomic E-state index is 13.1. The molecule has 1 aliphatic heterocycles. The fourth-order valence-electron chi connectivity index (χ4n) is 4.03. The quantitative estimate of drug-likeness (QED) is 0.407. The molecule has 0 fully saturated rings. The van der Waals surface area contributed by atoms with E-state index < -0.39 is 17.6 Å². The zero-order chi connectivity index (χ0) is 22.7. The lowest BCUT2D eigenvalue weighted by Gasteiger charge is -2.32. The fourth-order valence-corrected chi connectivity index (χ4v) is 4.03. The van der Waals surface area contributed by atoms with E-state index in [1.807, 2.05) is 67.6 Å². The van der Waals surface area contributed by atoms with Gasteiger partial charge in [-0.15, -0.1) is 0 Å². The Labute approximate surface area is 185 Å². The number of para-hydroxylation sites is 1. The van der Waals surface area contributed by atoms with Crippen LogP contribution < -0.4 is 21.9 Å². The highest BCUT2D eigenvalue weighted by Crippen LogP contribution is 2.44. The summed E-state index contributed by atoms with van der Waals surface area (Å²) in [6, 6.07) is 18.9. The minimum absolute atomic E-state index is 0.257. The number of nitrogens with one attached hydrogen (secondary N) is 3. The average Bonchev–Trinajstić information content (AvgIpc) is 2.79. The standard InChI is InChI=1S/C24H25N5O3/c1-4-32-23(30)18-15(2)26-22-20(19(18)16-11-7-5-8-12-16)21(28-25-3)27-24(31)29(22)17-13-9-6-10-14-17/h5-14,19,25-26H,4H2,1-3H3,(H,27,28,31). The first-order valence-corrected chi connectivity index (χ1v) is 10.4. The number of anilines is 2. The zero-order valence-corrected chi connectivity index (χ0v) is 18.2. The summed E-state index contributed by atoms with van der Waals surface area (Å²) < 4.78 is 6.92. The Morgan fingerprint density at radius 2 is 1.78 bits per heavy atom. The molecule has 0 radical (unpaired) electrons. The van der Waals surface area contributed by atoms with Crippen LogP contribution in [0.2, 0.25) is 0 Å². The summed E-state index contributed by atoms with van der Waals surface area (Å²) in [5, 5.41) is 3.29. The number of carbonyl (C=O) groups is 1. The van der Waals surface area contributed by atoms with Crippen molar-refractivity contribution in [3.63, 3.8) is 0 Å². The van der Waals surface area contributed by atoms with Gasteiger partial charge in [-0.3, -0.25) is 0 Å². The van der Waals surface area contributed by atoms with E-state index in [0.29, 0.717) is 34.2 Å². The first kappa shape index (κ1) is 21.3. The number of rotatable bonds is 6. The average molecular weight is 431 g/mol. The zero-order valence-electron chi connectivity index (χ0n) is 18.2. The van der Waals surface area contributed by atoms with Gasteiger partial charge in [0.25, 0.3) is 0 Å². The van der Waals surface area contributed by atoms with Crippen LogP contribution in [0, 0.1) is 0 Å². The molecule has 0 bridgehead atoms. The Balaban J connectivity index is 2.06. The minimum atomic E-state index is -0.495. The van der Waals surface area contributed by atoms with Gasteiger partial charge < -0.3 is 15.5 Å². The van der Waals surface area contributed by atoms with Crippen LogP contribution in [0.15, 0.2) is 76.7 Å². The predicted octanol–water partition coefficient (Wildman–Crippen LogP) is 3.17. The molecule has 1 aliphatic rings. The fraction of sp³-hybridized carbons (Fsp3) is 0.208. The second kappa shape index (κ2) is 9.07. The van der Waals surface area contributed by atoms with Gasteiger partial charge in [0.15, 0.2) is 5.82 Å². The van der Waals surface area contributed by atoms with Crippen molar-refractivity contribution in [2.75, 3.05) is 24.4 Å². The summed E-state index contributed by atoms with van der Waals surface area (Å²) in [6.07, 6.45) is 0. The normalized spacial score (nSPS) is 15.0. The van der Waals surface area contributed by atoms with Crippen molar-refractivity contribution in [1.29, 1.82) is 0 Å². The number of nitrogens with zero attached hydrogens (tertiary/aromatic N) is 2. The Hall–Kier alpha value is -3.91. The molecule has 1 aromatic heterocycles. The first-order chi connectivity index (χ1) is 15.6. The number of esters is 1. The van der Waals surface area contributed by atoms with E-state index in [1.54, 1.807) is 14.0 Å². The molecule has 2 aromatic carbocycles. The van der Waals surface area contributed by atoms with E-state index >= 15 is 0 Å². The topological polar surface area (TPSA) is 97.3 Å². The molecule has 3 N–H and O–H groups in total. The van der Waals surface area contributed by atoms with E-state index in [0.717, 1.165) is 5.56 Å². The van der Waals surface area contributed by atoms with Crippen LogP contribution in [-0.4, -0.2) is 29.2 Å². The number of hydrogen-bond acceptors (Lipinski definition) is 7. The second-order valence-corrected chi connectivity index (χ2v) is 7.28. The molecule has 4 rings (SSSR count). The van der Waals surface area contributed by atoms with Crippen molar-refractivity contribution < 1.29 is 9.53 Å². The summed E-state index contributed by atoms with van der Waals surface area (Å²) in [5.41, 5.74) is 8.70. The molecule has 0 amide bonds. The summed E-state index contributed by atoms with van der Waals surface area (Å²) in [4.78, 5) is 30.5. The summed E-state index contributed by atoms with van der Waals surface area (Å²) in [6.45, 7) is 3.85. The van der Waals surface area contributed by atoms with Crippen molar-refractivity contribution in [2.24, 2.45) is 0 Å². The third-order valence-corrected chi connectivity index (χ3v) is 5.31. The van der Waals surface area contributed by atoms with E-state index in [1.165, 1.54) is 4.57 Å². The number of hydrazine groups is 1. The Morgan fingerprint density at radius 3 is 2.41 bits per heavy atom. The van der Waals surface area contributed by atoms with Crippen LogP contribution in [0.3, 0.4) is 0 Å². The number of benzene rings is 2. The lowest BCUT2D eigenvalue weighted by Crippen LogP contribution is -2.34. The lowest BCUT2D eigenvalue weighted by atomic mass is 9.81. The predicted molar refractivity (Wildman–Crippen MR) is 124 cm³/mol. The van der Waals surface area contributed by atoms with Crippen molar-refractivity contribution in [3.8, 4) is 5.69 Å². The number of carbonyl (C=O) groups excluding carboxylic acids is 1. The summed E-state index contributed by atoms with van der Waals surface area (Å²) in [7, 11) is 1.69. The maximum Gasteiger partial charge on any atom is 0.355 e. The van der Waals surface area contributed by atoms with Crippen molar-refractivity contribution >= 4 is 17.6 Å². The molecular formula is C24H25N5O3. The SMILES string of the molecule is CCOC(=O)C1=C(C)Nc2c(c(NNC)nc(=O)n2-c2ccccc2)C1c1ccccc1. The molecule has 8 nitrogen and oxygen atoms in total. The molecule has 0 saturated heterocycles. The molecule has 0 spiro atoms. The molecule has 32 heavy (non-hydrogen) atoms. The van der Waals surface area contributed by atoms with E-state index in [2.05, 4.69) is 21.2 Å². The molecule has 3 aromatic rings. The van der Waals surface area contributed by atoms with Crippen LogP contribution >= 0.6 is 0 Å². The van der Waals surface area contributed by atoms with Gasteiger partial charge in [0.2, 0.25) is 0 Å². The third-order valence-electron chi connectivity index (χ3n) is 5.31. The maximum atomic E-state index is 13.1. The Bertz CT molecular complexity index is 1220. The highest BCUT2D eigenvalue weighted by atomic mass is 16.5. The lowest BCUT2D eigenvalue weighted by molar-refractivity contribution is -0.138. The number of hydrogen-bond donors (Lipinski definition) is 3. The largest absolute Gasteiger partial charge is 0.463 e. The van der Waals surface area contributed by atoms with Gasteiger partial charge in [0, 0.05) is 18.3 Å². The van der Waals surface area contributed by atoms with Gasteiger partial charge in [0.1, 0.15) is 5.82 Å². The van der Waals surface area contributed by atoms with E-state index in [-0.39, 0.29) is 6.61 Å². The van der Waals surface area contributed by atoms with Gasteiger partial charge in [-0.05, 0) is 31.5 Å². The number of aromatic nitrogens is 2. The van der Waals surface area contributed by atoms with E-state index in [4.69, 9.17) is 4.74 Å². The molecular weight excluding hydrogens is 406 g/mol. The van der Waals surface area contributed by atoms with Crippen LogP contribution in [-0.2, 0) is 9.53 Å².